The van der Waals surface area contributed by atoms with Gasteiger partial charge in [-0.05, 0) is 24.5 Å². The molecule has 1 aromatic carbocycles. The van der Waals surface area contributed by atoms with E-state index in [9.17, 15) is 9.18 Å². The number of hydrogen-bond acceptors (Lipinski definition) is 3. The molecule has 0 saturated heterocycles. The summed E-state index contributed by atoms with van der Waals surface area (Å²) < 4.78 is 18.3. The van der Waals surface area contributed by atoms with Gasteiger partial charge in [-0.15, -0.1) is 11.8 Å². The highest BCUT2D eigenvalue weighted by Gasteiger charge is 2.07. The van der Waals surface area contributed by atoms with Gasteiger partial charge in [0, 0.05) is 4.90 Å². The van der Waals surface area contributed by atoms with E-state index < -0.39 is 0 Å². The molecule has 17 heavy (non-hydrogen) atoms. The van der Waals surface area contributed by atoms with Crippen LogP contribution in [0.5, 0.6) is 0 Å². The molecule has 0 unspecified atom stereocenters. The van der Waals surface area contributed by atoms with Crippen molar-refractivity contribution < 1.29 is 13.9 Å². The molecule has 0 aromatic heterocycles. The first-order valence-corrected chi connectivity index (χ1v) is 6.61. The molecule has 0 heterocycles. The Morgan fingerprint density at radius 3 is 2.76 bits per heavy atom. The van der Waals surface area contributed by atoms with Crippen molar-refractivity contribution in [2.24, 2.45) is 5.92 Å². The van der Waals surface area contributed by atoms with Gasteiger partial charge in [-0.3, -0.25) is 4.79 Å². The first-order chi connectivity index (χ1) is 8.09. The van der Waals surface area contributed by atoms with Crippen LogP contribution in [0, 0.1) is 11.7 Å². The predicted octanol–water partition coefficient (Wildman–Crippen LogP) is 3.51. The van der Waals surface area contributed by atoms with Gasteiger partial charge in [-0.1, -0.05) is 26.0 Å². The Morgan fingerprint density at radius 2 is 2.12 bits per heavy atom. The number of hydrogen-bond donors (Lipinski definition) is 0. The van der Waals surface area contributed by atoms with Crippen molar-refractivity contribution in [2.45, 2.75) is 25.2 Å². The highest BCUT2D eigenvalue weighted by atomic mass is 32.2. The summed E-state index contributed by atoms with van der Waals surface area (Å²) in [5, 5.41) is 0. The fourth-order valence-electron chi connectivity index (χ4n) is 1.15. The fraction of sp³-hybridized carbons (Fsp3) is 0.462. The average molecular weight is 256 g/mol. The Morgan fingerprint density at radius 1 is 1.41 bits per heavy atom. The van der Waals surface area contributed by atoms with Crippen LogP contribution < -0.4 is 0 Å². The van der Waals surface area contributed by atoms with Crippen molar-refractivity contribution in [3.63, 3.8) is 0 Å². The van der Waals surface area contributed by atoms with Crippen molar-refractivity contribution in [1.82, 2.24) is 0 Å². The monoisotopic (exact) mass is 256 g/mol. The number of ether oxygens (including phenoxy) is 1. The van der Waals surface area contributed by atoms with E-state index in [0.29, 0.717) is 17.4 Å². The van der Waals surface area contributed by atoms with Gasteiger partial charge in [0.1, 0.15) is 5.82 Å². The number of benzene rings is 1. The molecule has 0 radical (unpaired) electrons. The summed E-state index contributed by atoms with van der Waals surface area (Å²) in [6.45, 7) is 4.58. The molecular formula is C13H17FO2S. The summed E-state index contributed by atoms with van der Waals surface area (Å²) in [4.78, 5) is 11.8. The fourth-order valence-corrected chi connectivity index (χ4v) is 1.89. The third-order valence-electron chi connectivity index (χ3n) is 2.14. The molecule has 1 aromatic rings. The van der Waals surface area contributed by atoms with Crippen molar-refractivity contribution in [2.75, 3.05) is 12.4 Å². The number of carbonyl (C=O) groups excluding carboxylic acids is 1. The molecule has 0 aliphatic carbocycles. The van der Waals surface area contributed by atoms with Crippen molar-refractivity contribution >= 4 is 17.7 Å². The Balaban J connectivity index is 2.26. The van der Waals surface area contributed by atoms with Crippen LogP contribution in [0.25, 0.3) is 0 Å². The van der Waals surface area contributed by atoms with E-state index in [-0.39, 0.29) is 17.5 Å². The number of rotatable bonds is 6. The minimum Gasteiger partial charge on any atom is -0.465 e. The lowest BCUT2D eigenvalue weighted by atomic mass is 10.1. The third-order valence-corrected chi connectivity index (χ3v) is 3.16. The first-order valence-electron chi connectivity index (χ1n) is 5.62. The molecule has 94 valence electrons. The van der Waals surface area contributed by atoms with Gasteiger partial charge >= 0.3 is 5.97 Å². The molecule has 0 spiro atoms. The lowest BCUT2D eigenvalue weighted by Gasteiger charge is -2.06. The summed E-state index contributed by atoms with van der Waals surface area (Å²) in [7, 11) is 0. The van der Waals surface area contributed by atoms with E-state index in [1.807, 2.05) is 0 Å². The van der Waals surface area contributed by atoms with Crippen LogP contribution in [0.1, 0.15) is 20.3 Å². The van der Waals surface area contributed by atoms with Gasteiger partial charge in [0.15, 0.2) is 0 Å². The molecule has 0 fully saturated rings. The van der Waals surface area contributed by atoms with Gasteiger partial charge in [0.2, 0.25) is 0 Å². The smallest absolute Gasteiger partial charge is 0.316 e. The lowest BCUT2D eigenvalue weighted by molar-refractivity contribution is -0.140. The van der Waals surface area contributed by atoms with E-state index >= 15 is 0 Å². The van der Waals surface area contributed by atoms with Gasteiger partial charge in [0.05, 0.1) is 12.4 Å². The average Bonchev–Trinajstić information content (AvgIpc) is 2.27. The topological polar surface area (TPSA) is 26.3 Å². The van der Waals surface area contributed by atoms with Gasteiger partial charge in [-0.25, -0.2) is 4.39 Å². The summed E-state index contributed by atoms with van der Waals surface area (Å²) >= 11 is 1.16. The van der Waals surface area contributed by atoms with E-state index in [0.717, 1.165) is 18.2 Å². The predicted molar refractivity (Wildman–Crippen MR) is 67.5 cm³/mol. The Bertz CT molecular complexity index is 366. The normalized spacial score (nSPS) is 10.6. The minimum atomic E-state index is -0.299. The zero-order valence-electron chi connectivity index (χ0n) is 10.1. The van der Waals surface area contributed by atoms with E-state index in [4.69, 9.17) is 4.74 Å². The van der Waals surface area contributed by atoms with Gasteiger partial charge < -0.3 is 4.74 Å². The van der Waals surface area contributed by atoms with Crippen LogP contribution in [0.15, 0.2) is 29.2 Å². The minimum absolute atomic E-state index is 0.152. The molecule has 0 aliphatic rings. The van der Waals surface area contributed by atoms with Crippen LogP contribution >= 0.6 is 11.8 Å². The van der Waals surface area contributed by atoms with Crippen molar-refractivity contribution in [3.05, 3.63) is 30.1 Å². The highest BCUT2D eigenvalue weighted by Crippen LogP contribution is 2.21. The number of esters is 1. The van der Waals surface area contributed by atoms with E-state index in [1.165, 1.54) is 6.07 Å². The number of carbonyl (C=O) groups is 1. The second-order valence-electron chi connectivity index (χ2n) is 4.12. The summed E-state index contributed by atoms with van der Waals surface area (Å²) in [5.41, 5.74) is 0. The molecule has 0 bridgehead atoms. The van der Waals surface area contributed by atoms with Gasteiger partial charge in [0.25, 0.3) is 0 Å². The van der Waals surface area contributed by atoms with Crippen LogP contribution in [0.2, 0.25) is 0 Å². The zero-order chi connectivity index (χ0) is 12.7. The molecule has 4 heteroatoms. The Kier molecular flexibility index (Phi) is 6.05. The maximum absolute atomic E-state index is 13.2. The number of halogens is 1. The van der Waals surface area contributed by atoms with Gasteiger partial charge in [-0.2, -0.15) is 0 Å². The maximum Gasteiger partial charge on any atom is 0.316 e. The summed E-state index contributed by atoms with van der Waals surface area (Å²) in [5.74, 6) is 0.0763. The van der Waals surface area contributed by atoms with Crippen LogP contribution in [-0.4, -0.2) is 18.3 Å². The second kappa shape index (κ2) is 7.33. The second-order valence-corrected chi connectivity index (χ2v) is 5.14. The molecule has 0 atom stereocenters. The SMILES string of the molecule is CC(C)CCOC(=O)CSc1ccccc1F. The molecule has 0 aliphatic heterocycles. The summed E-state index contributed by atoms with van der Waals surface area (Å²) in [6, 6.07) is 6.41. The van der Waals surface area contributed by atoms with Crippen LogP contribution in [-0.2, 0) is 9.53 Å². The largest absolute Gasteiger partial charge is 0.465 e. The van der Waals surface area contributed by atoms with Crippen molar-refractivity contribution in [1.29, 1.82) is 0 Å². The van der Waals surface area contributed by atoms with E-state index in [1.54, 1.807) is 18.2 Å². The van der Waals surface area contributed by atoms with Crippen LogP contribution in [0.4, 0.5) is 4.39 Å². The zero-order valence-corrected chi connectivity index (χ0v) is 10.9. The van der Waals surface area contributed by atoms with Crippen molar-refractivity contribution in [3.8, 4) is 0 Å². The molecule has 0 N–H and O–H groups in total. The maximum atomic E-state index is 13.2. The Hall–Kier alpha value is -1.03. The lowest BCUT2D eigenvalue weighted by Crippen LogP contribution is -2.09. The number of thioether (sulfide) groups is 1. The van der Waals surface area contributed by atoms with Crippen LogP contribution in [0.3, 0.4) is 0 Å². The molecular weight excluding hydrogens is 239 g/mol. The standard InChI is InChI=1S/C13H17FO2S/c1-10(2)7-8-16-13(15)9-17-12-6-4-3-5-11(12)14/h3-6,10H,7-9H2,1-2H3. The third kappa shape index (κ3) is 5.73. The molecule has 2 nitrogen and oxygen atoms in total. The summed E-state index contributed by atoms with van der Waals surface area (Å²) in [6.07, 6.45) is 0.857. The Labute approximate surface area is 106 Å². The molecule has 0 saturated carbocycles. The highest BCUT2D eigenvalue weighted by molar-refractivity contribution is 8.00. The molecule has 1 rings (SSSR count). The first kappa shape index (κ1) is 14.0. The quantitative estimate of drug-likeness (QED) is 0.575. The molecule has 0 amide bonds. The van der Waals surface area contributed by atoms with E-state index in [2.05, 4.69) is 13.8 Å².